The Labute approximate surface area is 99.5 Å². The zero-order chi connectivity index (χ0) is 12.3. The fourth-order valence-corrected chi connectivity index (χ4v) is 2.46. The molecule has 0 saturated heterocycles. The first-order valence-electron chi connectivity index (χ1n) is 6.09. The Morgan fingerprint density at radius 1 is 1.19 bits per heavy atom. The molecule has 0 radical (unpaired) electrons. The molecule has 0 aliphatic rings. The third-order valence-electron chi connectivity index (χ3n) is 3.05. The summed E-state index contributed by atoms with van der Waals surface area (Å²) in [6.45, 7) is 10.5. The number of aryl methyl sites for hydroxylation is 2. The molecular weight excluding hydrogens is 196 g/mol. The van der Waals surface area contributed by atoms with Crippen molar-refractivity contribution in [3.05, 3.63) is 34.9 Å². The van der Waals surface area contributed by atoms with Crippen molar-refractivity contribution < 1.29 is 5.11 Å². The van der Waals surface area contributed by atoms with Crippen molar-refractivity contribution in [3.8, 4) is 0 Å². The number of benzene rings is 1. The van der Waals surface area contributed by atoms with Gasteiger partial charge in [-0.3, -0.25) is 0 Å². The predicted octanol–water partition coefficient (Wildman–Crippen LogP) is 3.64. The highest BCUT2D eigenvalue weighted by Gasteiger charge is 2.23. The lowest BCUT2D eigenvalue weighted by Crippen LogP contribution is -2.29. The summed E-state index contributed by atoms with van der Waals surface area (Å²) in [4.78, 5) is 0. The Morgan fingerprint density at radius 2 is 1.69 bits per heavy atom. The Morgan fingerprint density at radius 3 is 2.12 bits per heavy atom. The van der Waals surface area contributed by atoms with E-state index in [9.17, 15) is 5.11 Å². The van der Waals surface area contributed by atoms with Crippen LogP contribution in [0.1, 0.15) is 43.9 Å². The maximum Gasteiger partial charge on any atom is 0.0662 e. The monoisotopic (exact) mass is 220 g/mol. The molecule has 1 rings (SSSR count). The van der Waals surface area contributed by atoms with Crippen LogP contribution in [0.2, 0.25) is 0 Å². The molecule has 90 valence electrons. The van der Waals surface area contributed by atoms with Gasteiger partial charge in [0.05, 0.1) is 5.60 Å². The molecule has 1 atom stereocenters. The molecule has 0 bridgehead atoms. The molecule has 0 aliphatic carbocycles. The summed E-state index contributed by atoms with van der Waals surface area (Å²) >= 11 is 0. The van der Waals surface area contributed by atoms with Crippen LogP contribution in [-0.4, -0.2) is 10.7 Å². The fourth-order valence-electron chi connectivity index (χ4n) is 2.46. The highest BCUT2D eigenvalue weighted by atomic mass is 16.3. The van der Waals surface area contributed by atoms with Crippen LogP contribution in [0.3, 0.4) is 0 Å². The summed E-state index contributed by atoms with van der Waals surface area (Å²) < 4.78 is 0. The third kappa shape index (κ3) is 3.64. The second-order valence-electron chi connectivity index (χ2n) is 5.64. The minimum Gasteiger partial charge on any atom is -0.390 e. The maximum absolute atomic E-state index is 10.4. The molecule has 1 unspecified atom stereocenters. The molecule has 0 fully saturated rings. The summed E-state index contributed by atoms with van der Waals surface area (Å²) in [5.74, 6) is 0.527. The standard InChI is InChI=1S/C15H24O/c1-11(2)9-15(5,16)10-14-12(3)7-6-8-13(14)4/h6-8,11,16H,9-10H2,1-5H3. The second kappa shape index (κ2) is 5.01. The van der Waals surface area contributed by atoms with Crippen LogP contribution >= 0.6 is 0 Å². The van der Waals surface area contributed by atoms with E-state index in [-0.39, 0.29) is 0 Å². The highest BCUT2D eigenvalue weighted by Crippen LogP contribution is 2.25. The van der Waals surface area contributed by atoms with Gasteiger partial charge in [0.25, 0.3) is 0 Å². The van der Waals surface area contributed by atoms with Crippen molar-refractivity contribution in [3.63, 3.8) is 0 Å². The van der Waals surface area contributed by atoms with Gasteiger partial charge < -0.3 is 5.11 Å². The van der Waals surface area contributed by atoms with Gasteiger partial charge in [0.1, 0.15) is 0 Å². The predicted molar refractivity (Wildman–Crippen MR) is 69.7 cm³/mol. The van der Waals surface area contributed by atoms with Gasteiger partial charge in [0.15, 0.2) is 0 Å². The lowest BCUT2D eigenvalue weighted by molar-refractivity contribution is 0.0385. The Bertz CT molecular complexity index is 330. The van der Waals surface area contributed by atoms with Crippen LogP contribution < -0.4 is 0 Å². The molecule has 1 nitrogen and oxygen atoms in total. The largest absolute Gasteiger partial charge is 0.390 e. The second-order valence-corrected chi connectivity index (χ2v) is 5.64. The van der Waals surface area contributed by atoms with Crippen molar-refractivity contribution in [2.75, 3.05) is 0 Å². The van der Waals surface area contributed by atoms with Gasteiger partial charge in [-0.1, -0.05) is 32.0 Å². The third-order valence-corrected chi connectivity index (χ3v) is 3.05. The number of rotatable bonds is 4. The normalized spacial score (nSPS) is 15.2. The van der Waals surface area contributed by atoms with E-state index in [1.807, 2.05) is 6.92 Å². The summed E-state index contributed by atoms with van der Waals surface area (Å²) in [6.07, 6.45) is 1.60. The zero-order valence-corrected chi connectivity index (χ0v) is 11.2. The minimum absolute atomic E-state index is 0.527. The Hall–Kier alpha value is -0.820. The first-order valence-corrected chi connectivity index (χ1v) is 6.09. The molecule has 1 heteroatoms. The van der Waals surface area contributed by atoms with Gasteiger partial charge in [-0.2, -0.15) is 0 Å². The van der Waals surface area contributed by atoms with Gasteiger partial charge in [-0.25, -0.2) is 0 Å². The molecule has 16 heavy (non-hydrogen) atoms. The van der Waals surface area contributed by atoms with E-state index in [1.54, 1.807) is 0 Å². The summed E-state index contributed by atoms with van der Waals surface area (Å²) in [5, 5.41) is 10.4. The quantitative estimate of drug-likeness (QED) is 0.821. The van der Waals surface area contributed by atoms with E-state index in [1.165, 1.54) is 16.7 Å². The van der Waals surface area contributed by atoms with Gasteiger partial charge in [-0.15, -0.1) is 0 Å². The molecule has 0 heterocycles. The number of hydrogen-bond acceptors (Lipinski definition) is 1. The van der Waals surface area contributed by atoms with Crippen LogP contribution in [0, 0.1) is 19.8 Å². The highest BCUT2D eigenvalue weighted by molar-refractivity contribution is 5.34. The van der Waals surface area contributed by atoms with Gasteiger partial charge in [0, 0.05) is 6.42 Å². The molecule has 0 aliphatic heterocycles. The van der Waals surface area contributed by atoms with Crippen LogP contribution in [0.4, 0.5) is 0 Å². The lowest BCUT2D eigenvalue weighted by Gasteiger charge is -2.27. The topological polar surface area (TPSA) is 20.2 Å². The summed E-state index contributed by atoms with van der Waals surface area (Å²) in [6, 6.07) is 6.31. The first kappa shape index (κ1) is 13.2. The Balaban J connectivity index is 2.87. The van der Waals surface area contributed by atoms with E-state index < -0.39 is 5.60 Å². The van der Waals surface area contributed by atoms with Crippen LogP contribution in [-0.2, 0) is 6.42 Å². The average molecular weight is 220 g/mol. The van der Waals surface area contributed by atoms with Gasteiger partial charge >= 0.3 is 0 Å². The molecule has 0 spiro atoms. The van der Waals surface area contributed by atoms with Crippen LogP contribution in [0.15, 0.2) is 18.2 Å². The van der Waals surface area contributed by atoms with Crippen molar-refractivity contribution in [1.82, 2.24) is 0 Å². The van der Waals surface area contributed by atoms with E-state index in [4.69, 9.17) is 0 Å². The van der Waals surface area contributed by atoms with Crippen LogP contribution in [0.5, 0.6) is 0 Å². The van der Waals surface area contributed by atoms with Gasteiger partial charge in [-0.05, 0) is 49.8 Å². The Kier molecular flexibility index (Phi) is 4.15. The number of aliphatic hydroxyl groups is 1. The van der Waals surface area contributed by atoms with E-state index >= 15 is 0 Å². The lowest BCUT2D eigenvalue weighted by atomic mass is 9.85. The molecule has 1 aromatic carbocycles. The number of hydrogen-bond donors (Lipinski definition) is 1. The smallest absolute Gasteiger partial charge is 0.0662 e. The molecule has 0 aromatic heterocycles. The van der Waals surface area contributed by atoms with Gasteiger partial charge in [0.2, 0.25) is 0 Å². The fraction of sp³-hybridized carbons (Fsp3) is 0.600. The van der Waals surface area contributed by atoms with Crippen molar-refractivity contribution in [1.29, 1.82) is 0 Å². The molecule has 0 saturated carbocycles. The molecular formula is C15H24O. The maximum atomic E-state index is 10.4. The minimum atomic E-state index is -0.592. The SMILES string of the molecule is Cc1cccc(C)c1CC(C)(O)CC(C)C. The first-order chi connectivity index (χ1) is 7.32. The molecule has 1 aromatic rings. The zero-order valence-electron chi connectivity index (χ0n) is 11.2. The molecule has 1 N–H and O–H groups in total. The van der Waals surface area contributed by atoms with E-state index in [0.717, 1.165) is 12.8 Å². The van der Waals surface area contributed by atoms with Crippen molar-refractivity contribution in [2.45, 2.75) is 53.1 Å². The summed E-state index contributed by atoms with van der Waals surface area (Å²) in [7, 11) is 0. The van der Waals surface area contributed by atoms with E-state index in [2.05, 4.69) is 45.9 Å². The van der Waals surface area contributed by atoms with Crippen molar-refractivity contribution in [2.24, 2.45) is 5.92 Å². The van der Waals surface area contributed by atoms with Crippen molar-refractivity contribution >= 4 is 0 Å². The summed E-state index contributed by atoms with van der Waals surface area (Å²) in [5.41, 5.74) is 3.27. The van der Waals surface area contributed by atoms with Crippen LogP contribution in [0.25, 0.3) is 0 Å². The van der Waals surface area contributed by atoms with E-state index in [0.29, 0.717) is 5.92 Å². The average Bonchev–Trinajstić information content (AvgIpc) is 2.09. The molecule has 0 amide bonds.